The zero-order valence-electron chi connectivity index (χ0n) is 11.0. The molecule has 1 saturated carbocycles. The van der Waals surface area contributed by atoms with Crippen molar-refractivity contribution in [2.75, 3.05) is 0 Å². The van der Waals surface area contributed by atoms with Gasteiger partial charge in [-0.3, -0.25) is 0 Å². The predicted octanol–water partition coefficient (Wildman–Crippen LogP) is 4.18. The molecule has 1 nitrogen and oxygen atoms in total. The summed E-state index contributed by atoms with van der Waals surface area (Å²) in [7, 11) is 0. The van der Waals surface area contributed by atoms with E-state index in [1.807, 2.05) is 0 Å². The molecule has 2 N–H and O–H groups in total. The van der Waals surface area contributed by atoms with E-state index in [-0.39, 0.29) is 11.3 Å². The highest BCUT2D eigenvalue weighted by Crippen LogP contribution is 2.46. The van der Waals surface area contributed by atoms with Crippen molar-refractivity contribution in [1.82, 2.24) is 0 Å². The number of nitrogens with two attached hydrogens (primary N) is 1. The van der Waals surface area contributed by atoms with Crippen LogP contribution in [0.5, 0.6) is 0 Å². The molecular weight excluding hydrogens is 232 g/mol. The summed E-state index contributed by atoms with van der Waals surface area (Å²) in [4.78, 5) is 0. The second-order valence-electron chi connectivity index (χ2n) is 6.01. The van der Waals surface area contributed by atoms with E-state index in [2.05, 4.69) is 13.8 Å². The van der Waals surface area contributed by atoms with Crippen LogP contribution in [-0.4, -0.2) is 0 Å². The highest BCUT2D eigenvalue weighted by molar-refractivity contribution is 5.23. The Kier molecular flexibility index (Phi) is 3.71. The van der Waals surface area contributed by atoms with Crippen LogP contribution in [-0.2, 0) is 0 Å². The summed E-state index contributed by atoms with van der Waals surface area (Å²) < 4.78 is 27.1. The van der Waals surface area contributed by atoms with Gasteiger partial charge in [0.1, 0.15) is 0 Å². The number of halogens is 2. The van der Waals surface area contributed by atoms with Gasteiger partial charge in [-0.15, -0.1) is 0 Å². The van der Waals surface area contributed by atoms with Crippen molar-refractivity contribution in [2.45, 2.75) is 45.6 Å². The van der Waals surface area contributed by atoms with Crippen molar-refractivity contribution >= 4 is 0 Å². The standard InChI is InChI=1S/C15H21F2N/c1-15(2)9-4-3-7-11(15)14(18)10-6-5-8-12(16)13(10)17/h5-6,8,11,14H,3-4,7,9,18H2,1-2H3. The lowest BCUT2D eigenvalue weighted by Crippen LogP contribution is -2.36. The maximum Gasteiger partial charge on any atom is 0.163 e. The Hall–Kier alpha value is -0.960. The Morgan fingerprint density at radius 3 is 2.67 bits per heavy atom. The molecule has 1 aromatic carbocycles. The van der Waals surface area contributed by atoms with E-state index >= 15 is 0 Å². The lowest BCUT2D eigenvalue weighted by molar-refractivity contribution is 0.111. The molecule has 0 radical (unpaired) electrons. The number of benzene rings is 1. The first-order valence-electron chi connectivity index (χ1n) is 6.63. The van der Waals surface area contributed by atoms with Crippen LogP contribution in [0, 0.1) is 23.0 Å². The number of hydrogen-bond acceptors (Lipinski definition) is 1. The Labute approximate surface area is 107 Å². The van der Waals surface area contributed by atoms with Crippen LogP contribution in [0.25, 0.3) is 0 Å². The van der Waals surface area contributed by atoms with E-state index in [4.69, 9.17) is 5.73 Å². The van der Waals surface area contributed by atoms with Gasteiger partial charge in [0.2, 0.25) is 0 Å². The lowest BCUT2D eigenvalue weighted by atomic mass is 9.65. The van der Waals surface area contributed by atoms with Crippen molar-refractivity contribution in [2.24, 2.45) is 17.1 Å². The minimum absolute atomic E-state index is 0.0937. The maximum atomic E-state index is 13.8. The molecule has 2 atom stereocenters. The minimum Gasteiger partial charge on any atom is -0.324 e. The first-order chi connectivity index (χ1) is 8.43. The van der Waals surface area contributed by atoms with Crippen LogP contribution >= 0.6 is 0 Å². The molecule has 18 heavy (non-hydrogen) atoms. The molecule has 0 heterocycles. The summed E-state index contributed by atoms with van der Waals surface area (Å²) in [5.41, 5.74) is 6.62. The summed E-state index contributed by atoms with van der Waals surface area (Å²) in [6.07, 6.45) is 4.41. The molecule has 0 aromatic heterocycles. The molecular formula is C15H21F2N. The largest absolute Gasteiger partial charge is 0.324 e. The number of hydrogen-bond donors (Lipinski definition) is 1. The van der Waals surface area contributed by atoms with Crippen LogP contribution in [0.2, 0.25) is 0 Å². The van der Waals surface area contributed by atoms with Crippen molar-refractivity contribution in [3.63, 3.8) is 0 Å². The van der Waals surface area contributed by atoms with Crippen molar-refractivity contribution in [3.05, 3.63) is 35.4 Å². The molecule has 100 valence electrons. The zero-order valence-corrected chi connectivity index (χ0v) is 11.0. The van der Waals surface area contributed by atoms with Gasteiger partial charge in [0, 0.05) is 11.6 Å². The van der Waals surface area contributed by atoms with Crippen LogP contribution in [0.1, 0.15) is 51.1 Å². The second kappa shape index (κ2) is 4.96. The van der Waals surface area contributed by atoms with Gasteiger partial charge in [0.05, 0.1) is 0 Å². The molecule has 0 amide bonds. The van der Waals surface area contributed by atoms with Crippen molar-refractivity contribution < 1.29 is 8.78 Å². The SMILES string of the molecule is CC1(C)CCCCC1C(N)c1cccc(F)c1F. The third-order valence-corrected chi connectivity index (χ3v) is 4.36. The highest BCUT2D eigenvalue weighted by atomic mass is 19.2. The minimum atomic E-state index is -0.809. The van der Waals surface area contributed by atoms with Crippen LogP contribution in [0.15, 0.2) is 18.2 Å². The molecule has 1 fully saturated rings. The Balaban J connectivity index is 2.30. The smallest absolute Gasteiger partial charge is 0.163 e. The van der Waals surface area contributed by atoms with E-state index in [1.165, 1.54) is 12.5 Å². The molecule has 2 unspecified atom stereocenters. The summed E-state index contributed by atoms with van der Waals surface area (Å²) in [5.74, 6) is -1.38. The summed E-state index contributed by atoms with van der Waals surface area (Å²) in [6, 6.07) is 3.85. The lowest BCUT2D eigenvalue weighted by Gasteiger charge is -2.42. The fourth-order valence-electron chi connectivity index (χ4n) is 3.18. The van der Waals surface area contributed by atoms with Crippen molar-refractivity contribution in [1.29, 1.82) is 0 Å². The Morgan fingerprint density at radius 2 is 2.00 bits per heavy atom. The van der Waals surface area contributed by atoms with Gasteiger partial charge in [0.15, 0.2) is 11.6 Å². The van der Waals surface area contributed by atoms with E-state index in [0.29, 0.717) is 5.56 Å². The maximum absolute atomic E-state index is 13.8. The predicted molar refractivity (Wildman–Crippen MR) is 69.0 cm³/mol. The monoisotopic (exact) mass is 253 g/mol. The highest BCUT2D eigenvalue weighted by Gasteiger charge is 2.37. The average Bonchev–Trinajstić information content (AvgIpc) is 2.31. The zero-order chi connectivity index (χ0) is 13.3. The van der Waals surface area contributed by atoms with Crippen LogP contribution in [0.4, 0.5) is 8.78 Å². The molecule has 2 rings (SSSR count). The molecule has 1 aliphatic carbocycles. The van der Waals surface area contributed by atoms with E-state index in [9.17, 15) is 8.78 Å². The van der Waals surface area contributed by atoms with Gasteiger partial charge < -0.3 is 5.73 Å². The summed E-state index contributed by atoms with van der Waals surface area (Å²) in [6.45, 7) is 4.35. The van der Waals surface area contributed by atoms with Crippen LogP contribution in [0.3, 0.4) is 0 Å². The van der Waals surface area contributed by atoms with Gasteiger partial charge in [-0.05, 0) is 30.2 Å². The Bertz CT molecular complexity index is 429. The van der Waals surface area contributed by atoms with E-state index in [1.54, 1.807) is 6.07 Å². The molecule has 0 aliphatic heterocycles. The van der Waals surface area contributed by atoms with Gasteiger partial charge in [-0.25, -0.2) is 8.78 Å². The summed E-state index contributed by atoms with van der Waals surface area (Å²) >= 11 is 0. The second-order valence-corrected chi connectivity index (χ2v) is 6.01. The molecule has 0 bridgehead atoms. The first-order valence-corrected chi connectivity index (χ1v) is 6.63. The third kappa shape index (κ3) is 2.41. The van der Waals surface area contributed by atoms with E-state index in [0.717, 1.165) is 25.3 Å². The van der Waals surface area contributed by atoms with Gasteiger partial charge in [0.25, 0.3) is 0 Å². The van der Waals surface area contributed by atoms with Gasteiger partial charge in [-0.1, -0.05) is 38.8 Å². The topological polar surface area (TPSA) is 26.0 Å². The molecule has 1 aromatic rings. The normalized spacial score (nSPS) is 24.8. The fraction of sp³-hybridized carbons (Fsp3) is 0.600. The van der Waals surface area contributed by atoms with Crippen molar-refractivity contribution in [3.8, 4) is 0 Å². The first kappa shape index (κ1) is 13.5. The molecule has 1 aliphatic rings. The van der Waals surface area contributed by atoms with E-state index < -0.39 is 17.7 Å². The van der Waals surface area contributed by atoms with Gasteiger partial charge >= 0.3 is 0 Å². The van der Waals surface area contributed by atoms with Gasteiger partial charge in [-0.2, -0.15) is 0 Å². The molecule has 0 saturated heterocycles. The average molecular weight is 253 g/mol. The Morgan fingerprint density at radius 1 is 1.28 bits per heavy atom. The molecule has 0 spiro atoms. The van der Waals surface area contributed by atoms with Crippen LogP contribution < -0.4 is 5.73 Å². The quantitative estimate of drug-likeness (QED) is 0.840. The summed E-state index contributed by atoms with van der Waals surface area (Å²) in [5, 5.41) is 0. The molecule has 3 heteroatoms. The number of rotatable bonds is 2. The third-order valence-electron chi connectivity index (χ3n) is 4.36. The fourth-order valence-corrected chi connectivity index (χ4v) is 3.18.